The number of rotatable bonds is 7. The predicted octanol–water partition coefficient (Wildman–Crippen LogP) is 4.06. The quantitative estimate of drug-likeness (QED) is 0.557. The molecule has 0 spiro atoms. The number of carbonyl (C=O) groups excluding carboxylic acids is 2. The zero-order valence-corrected chi connectivity index (χ0v) is 20.9. The maximum atomic E-state index is 13.0. The van der Waals surface area contributed by atoms with Gasteiger partial charge >= 0.3 is 0 Å². The number of methoxy groups -OCH3 is 3. The Bertz CT molecular complexity index is 1230. The standard InChI is InChI=1S/C28H32N2O5/c1-17-23(28(32)29-2)10-11-30(17)26(31)13-18-6-7-20-14-21(9-8-19(20)12-18)22-15-24(33-3)27(35-5)25(16-22)34-4/h6-9,12,14-17,23H,10-11,13H2,1-5H3,(H,29,32). The molecule has 1 aliphatic heterocycles. The minimum absolute atomic E-state index is 0.00130. The first-order valence-corrected chi connectivity index (χ1v) is 11.7. The van der Waals surface area contributed by atoms with Crippen LogP contribution in [0.2, 0.25) is 0 Å². The largest absolute Gasteiger partial charge is 0.493 e. The average molecular weight is 477 g/mol. The second-order valence-electron chi connectivity index (χ2n) is 8.82. The maximum Gasteiger partial charge on any atom is 0.227 e. The molecule has 1 heterocycles. The first kappa shape index (κ1) is 24.4. The van der Waals surface area contributed by atoms with Gasteiger partial charge in [-0.15, -0.1) is 0 Å². The molecule has 3 aromatic carbocycles. The van der Waals surface area contributed by atoms with Crippen molar-refractivity contribution in [2.45, 2.75) is 25.8 Å². The second-order valence-corrected chi connectivity index (χ2v) is 8.82. The predicted molar refractivity (Wildman–Crippen MR) is 136 cm³/mol. The SMILES string of the molecule is CNC(=O)C1CCN(C(=O)Cc2ccc3cc(-c4cc(OC)c(OC)c(OC)c4)ccc3c2)C1C. The molecule has 0 bridgehead atoms. The van der Waals surface area contributed by atoms with Gasteiger partial charge in [0, 0.05) is 19.6 Å². The highest BCUT2D eigenvalue weighted by molar-refractivity contribution is 5.90. The van der Waals surface area contributed by atoms with Crippen LogP contribution in [-0.4, -0.2) is 57.7 Å². The van der Waals surface area contributed by atoms with E-state index in [4.69, 9.17) is 14.2 Å². The van der Waals surface area contributed by atoms with Crippen molar-refractivity contribution in [1.29, 1.82) is 0 Å². The van der Waals surface area contributed by atoms with E-state index in [2.05, 4.69) is 23.5 Å². The minimum atomic E-state index is -0.144. The van der Waals surface area contributed by atoms with Gasteiger partial charge in [-0.25, -0.2) is 0 Å². The third-order valence-corrected chi connectivity index (χ3v) is 6.92. The van der Waals surface area contributed by atoms with Gasteiger partial charge in [-0.3, -0.25) is 9.59 Å². The number of nitrogens with zero attached hydrogens (tertiary/aromatic N) is 1. The van der Waals surface area contributed by atoms with Crippen LogP contribution in [0.5, 0.6) is 17.2 Å². The van der Waals surface area contributed by atoms with Gasteiger partial charge in [-0.2, -0.15) is 0 Å². The van der Waals surface area contributed by atoms with E-state index in [1.165, 1.54) is 0 Å². The Morgan fingerprint density at radius 1 is 0.914 bits per heavy atom. The third kappa shape index (κ3) is 4.76. The summed E-state index contributed by atoms with van der Waals surface area (Å²) in [5.41, 5.74) is 2.93. The number of hydrogen-bond acceptors (Lipinski definition) is 5. The summed E-state index contributed by atoms with van der Waals surface area (Å²) in [6.45, 7) is 2.57. The normalized spacial score (nSPS) is 17.3. The molecule has 0 radical (unpaired) electrons. The first-order chi connectivity index (χ1) is 16.9. The van der Waals surface area contributed by atoms with Crippen LogP contribution in [0.3, 0.4) is 0 Å². The monoisotopic (exact) mass is 476 g/mol. The van der Waals surface area contributed by atoms with Gasteiger partial charge in [-0.05, 0) is 59.0 Å². The smallest absolute Gasteiger partial charge is 0.227 e. The number of fused-ring (bicyclic) bond motifs is 1. The van der Waals surface area contributed by atoms with Crippen LogP contribution >= 0.6 is 0 Å². The van der Waals surface area contributed by atoms with E-state index in [0.717, 1.165) is 27.5 Å². The van der Waals surface area contributed by atoms with E-state index in [0.29, 0.717) is 36.6 Å². The van der Waals surface area contributed by atoms with Crippen molar-refractivity contribution in [3.63, 3.8) is 0 Å². The fraction of sp³-hybridized carbons (Fsp3) is 0.357. The lowest BCUT2D eigenvalue weighted by Crippen LogP contribution is -2.40. The molecule has 1 aliphatic rings. The van der Waals surface area contributed by atoms with E-state index >= 15 is 0 Å². The fourth-order valence-electron chi connectivity index (χ4n) is 4.94. The summed E-state index contributed by atoms with van der Waals surface area (Å²) < 4.78 is 16.4. The van der Waals surface area contributed by atoms with Gasteiger partial charge in [0.1, 0.15) is 0 Å². The lowest BCUT2D eigenvalue weighted by Gasteiger charge is -2.24. The van der Waals surface area contributed by atoms with Crippen LogP contribution in [0.4, 0.5) is 0 Å². The number of amides is 2. The topological polar surface area (TPSA) is 77.1 Å². The average Bonchev–Trinajstić information content (AvgIpc) is 3.28. The number of carbonyl (C=O) groups is 2. The molecular formula is C28H32N2O5. The van der Waals surface area contributed by atoms with Gasteiger partial charge in [0.15, 0.2) is 11.5 Å². The zero-order chi connectivity index (χ0) is 25.1. The third-order valence-electron chi connectivity index (χ3n) is 6.92. The summed E-state index contributed by atoms with van der Waals surface area (Å²) in [6, 6.07) is 16.1. The van der Waals surface area contributed by atoms with Gasteiger partial charge in [0.25, 0.3) is 0 Å². The number of hydrogen-bond donors (Lipinski definition) is 1. The molecule has 35 heavy (non-hydrogen) atoms. The van der Waals surface area contributed by atoms with Gasteiger partial charge in [0.2, 0.25) is 17.6 Å². The van der Waals surface area contributed by atoms with E-state index in [-0.39, 0.29) is 23.8 Å². The molecule has 0 aromatic heterocycles. The van der Waals surface area contributed by atoms with E-state index < -0.39 is 0 Å². The van der Waals surface area contributed by atoms with E-state index in [9.17, 15) is 9.59 Å². The van der Waals surface area contributed by atoms with Gasteiger partial charge < -0.3 is 24.4 Å². The van der Waals surface area contributed by atoms with Gasteiger partial charge in [-0.1, -0.05) is 30.3 Å². The van der Waals surface area contributed by atoms with Crippen LogP contribution in [-0.2, 0) is 16.0 Å². The van der Waals surface area contributed by atoms with E-state index in [1.807, 2.05) is 42.2 Å². The van der Waals surface area contributed by atoms with Crippen LogP contribution in [0.15, 0.2) is 48.5 Å². The summed E-state index contributed by atoms with van der Waals surface area (Å²) in [4.78, 5) is 26.9. The molecule has 4 rings (SSSR count). The molecule has 7 nitrogen and oxygen atoms in total. The van der Waals surface area contributed by atoms with Crippen molar-refractivity contribution in [2.75, 3.05) is 34.9 Å². The number of likely N-dealkylation sites (tertiary alicyclic amines) is 1. The lowest BCUT2D eigenvalue weighted by atomic mass is 9.98. The lowest BCUT2D eigenvalue weighted by molar-refractivity contribution is -0.132. The van der Waals surface area contributed by atoms with E-state index in [1.54, 1.807) is 28.4 Å². The van der Waals surface area contributed by atoms with Crippen molar-refractivity contribution in [3.05, 3.63) is 54.1 Å². The Hall–Kier alpha value is -3.74. The molecule has 1 N–H and O–H groups in total. The number of nitrogens with one attached hydrogen (secondary N) is 1. The van der Waals surface area contributed by atoms with Crippen molar-refractivity contribution in [3.8, 4) is 28.4 Å². The van der Waals surface area contributed by atoms with Gasteiger partial charge in [0.05, 0.1) is 33.7 Å². The molecule has 1 saturated heterocycles. The molecule has 7 heteroatoms. The Labute approximate surface area is 206 Å². The Morgan fingerprint density at radius 3 is 2.20 bits per heavy atom. The molecule has 2 unspecified atom stereocenters. The second kappa shape index (κ2) is 10.3. The molecule has 184 valence electrons. The summed E-state index contributed by atoms with van der Waals surface area (Å²) in [5, 5.41) is 4.83. The highest BCUT2D eigenvalue weighted by Gasteiger charge is 2.37. The highest BCUT2D eigenvalue weighted by Crippen LogP contribution is 2.41. The molecule has 3 aromatic rings. The minimum Gasteiger partial charge on any atom is -0.493 e. The molecule has 0 saturated carbocycles. The number of ether oxygens (including phenoxy) is 3. The Kier molecular flexibility index (Phi) is 7.15. The Balaban J connectivity index is 1.55. The van der Waals surface area contributed by atoms with Crippen LogP contribution in [0.1, 0.15) is 18.9 Å². The summed E-state index contributed by atoms with van der Waals surface area (Å²) in [7, 11) is 6.43. The van der Waals surface area contributed by atoms with Crippen LogP contribution in [0.25, 0.3) is 21.9 Å². The van der Waals surface area contributed by atoms with Crippen LogP contribution < -0.4 is 19.5 Å². The molecule has 1 fully saturated rings. The van der Waals surface area contributed by atoms with Crippen molar-refractivity contribution in [2.24, 2.45) is 5.92 Å². The zero-order valence-electron chi connectivity index (χ0n) is 20.9. The van der Waals surface area contributed by atoms with Crippen molar-refractivity contribution < 1.29 is 23.8 Å². The van der Waals surface area contributed by atoms with Crippen molar-refractivity contribution in [1.82, 2.24) is 10.2 Å². The highest BCUT2D eigenvalue weighted by atomic mass is 16.5. The molecule has 2 atom stereocenters. The number of benzene rings is 3. The Morgan fingerprint density at radius 2 is 1.57 bits per heavy atom. The van der Waals surface area contributed by atoms with Crippen LogP contribution in [0, 0.1) is 5.92 Å². The maximum absolute atomic E-state index is 13.0. The fourth-order valence-corrected chi connectivity index (χ4v) is 4.94. The first-order valence-electron chi connectivity index (χ1n) is 11.7. The molecule has 2 amide bonds. The molecule has 0 aliphatic carbocycles. The summed E-state index contributed by atoms with van der Waals surface area (Å²) in [5.74, 6) is 1.67. The van der Waals surface area contributed by atoms with Crippen molar-refractivity contribution >= 4 is 22.6 Å². The summed E-state index contributed by atoms with van der Waals surface area (Å²) in [6.07, 6.45) is 1.02. The molecular weight excluding hydrogens is 444 g/mol. The summed E-state index contributed by atoms with van der Waals surface area (Å²) >= 11 is 0.